The Labute approximate surface area is 149 Å². The first-order valence-corrected chi connectivity index (χ1v) is 9.41. The van der Waals surface area contributed by atoms with Gasteiger partial charge in [0.25, 0.3) is 0 Å². The number of nitrogens with zero attached hydrogens (tertiary/aromatic N) is 3. The molecule has 5 nitrogen and oxygen atoms in total. The second-order valence-electron chi connectivity index (χ2n) is 7.08. The highest BCUT2D eigenvalue weighted by atomic mass is 16.5. The van der Waals surface area contributed by atoms with Crippen LogP contribution in [0.25, 0.3) is 0 Å². The first-order chi connectivity index (χ1) is 12.3. The predicted molar refractivity (Wildman–Crippen MR) is 97.1 cm³/mol. The van der Waals surface area contributed by atoms with Crippen LogP contribution in [0.4, 0.5) is 0 Å². The SMILES string of the molecule is Cn1cc(CCCN2CCC[C@H]2c2ccc3c(c2)OCCCO3)cn1. The molecule has 134 valence electrons. The first-order valence-electron chi connectivity index (χ1n) is 9.41. The molecular formula is C20H27N3O2. The smallest absolute Gasteiger partial charge is 0.161 e. The molecule has 1 atom stereocenters. The Hall–Kier alpha value is -2.01. The minimum absolute atomic E-state index is 0.506. The van der Waals surface area contributed by atoms with Crippen molar-refractivity contribution in [3.63, 3.8) is 0 Å². The maximum atomic E-state index is 5.87. The molecule has 25 heavy (non-hydrogen) atoms. The summed E-state index contributed by atoms with van der Waals surface area (Å²) in [5.41, 5.74) is 2.69. The largest absolute Gasteiger partial charge is 0.490 e. The van der Waals surface area contributed by atoms with Crippen molar-refractivity contribution in [1.82, 2.24) is 14.7 Å². The van der Waals surface area contributed by atoms with Crippen LogP contribution < -0.4 is 9.47 Å². The zero-order valence-corrected chi connectivity index (χ0v) is 15.0. The molecule has 0 spiro atoms. The number of rotatable bonds is 5. The van der Waals surface area contributed by atoms with Crippen molar-refractivity contribution < 1.29 is 9.47 Å². The zero-order chi connectivity index (χ0) is 17.1. The summed E-state index contributed by atoms with van der Waals surface area (Å²) in [6.07, 6.45) is 9.81. The molecule has 1 saturated heterocycles. The number of ether oxygens (including phenoxy) is 2. The lowest BCUT2D eigenvalue weighted by Gasteiger charge is -2.25. The van der Waals surface area contributed by atoms with Gasteiger partial charge in [-0.3, -0.25) is 9.58 Å². The Morgan fingerprint density at radius 2 is 2.04 bits per heavy atom. The summed E-state index contributed by atoms with van der Waals surface area (Å²) in [7, 11) is 1.98. The average Bonchev–Trinajstić information content (AvgIpc) is 3.18. The summed E-state index contributed by atoms with van der Waals surface area (Å²) in [5, 5.41) is 4.26. The lowest BCUT2D eigenvalue weighted by Crippen LogP contribution is -2.24. The van der Waals surface area contributed by atoms with E-state index in [2.05, 4.69) is 34.4 Å². The van der Waals surface area contributed by atoms with Crippen molar-refractivity contribution in [1.29, 1.82) is 0 Å². The van der Waals surface area contributed by atoms with E-state index in [1.54, 1.807) is 0 Å². The summed E-state index contributed by atoms with van der Waals surface area (Å²) in [6, 6.07) is 7.01. The van der Waals surface area contributed by atoms with Crippen LogP contribution in [0.1, 0.15) is 42.9 Å². The topological polar surface area (TPSA) is 39.5 Å². The number of hydrogen-bond acceptors (Lipinski definition) is 4. The minimum Gasteiger partial charge on any atom is -0.490 e. The summed E-state index contributed by atoms with van der Waals surface area (Å²) >= 11 is 0. The maximum Gasteiger partial charge on any atom is 0.161 e. The van der Waals surface area contributed by atoms with Gasteiger partial charge in [-0.25, -0.2) is 0 Å². The number of likely N-dealkylation sites (tertiary alicyclic amines) is 1. The molecule has 1 aromatic heterocycles. The fourth-order valence-electron chi connectivity index (χ4n) is 3.95. The van der Waals surface area contributed by atoms with E-state index in [1.165, 1.54) is 36.9 Å². The summed E-state index contributed by atoms with van der Waals surface area (Å²) < 4.78 is 13.5. The number of hydrogen-bond donors (Lipinski definition) is 0. The van der Waals surface area contributed by atoms with E-state index >= 15 is 0 Å². The predicted octanol–water partition coefficient (Wildman–Crippen LogP) is 3.35. The van der Waals surface area contributed by atoms with Crippen molar-refractivity contribution in [2.24, 2.45) is 7.05 Å². The lowest BCUT2D eigenvalue weighted by atomic mass is 10.0. The Morgan fingerprint density at radius 1 is 1.16 bits per heavy atom. The van der Waals surface area contributed by atoms with Crippen LogP contribution in [0.5, 0.6) is 11.5 Å². The molecule has 0 amide bonds. The third kappa shape index (κ3) is 3.82. The normalized spacial score (nSPS) is 20.6. The quantitative estimate of drug-likeness (QED) is 0.836. The van der Waals surface area contributed by atoms with E-state index in [0.717, 1.165) is 44.1 Å². The number of aromatic nitrogens is 2. The molecule has 4 rings (SSSR count). The van der Waals surface area contributed by atoms with Crippen LogP contribution in [-0.2, 0) is 13.5 Å². The zero-order valence-electron chi connectivity index (χ0n) is 15.0. The van der Waals surface area contributed by atoms with E-state index < -0.39 is 0 Å². The van der Waals surface area contributed by atoms with Gasteiger partial charge in [0.15, 0.2) is 11.5 Å². The number of fused-ring (bicyclic) bond motifs is 1. The molecule has 2 aliphatic rings. The lowest BCUT2D eigenvalue weighted by molar-refractivity contribution is 0.253. The fourth-order valence-corrected chi connectivity index (χ4v) is 3.95. The highest BCUT2D eigenvalue weighted by Crippen LogP contribution is 2.37. The van der Waals surface area contributed by atoms with Crippen LogP contribution >= 0.6 is 0 Å². The molecule has 0 bridgehead atoms. The van der Waals surface area contributed by atoms with E-state index in [-0.39, 0.29) is 0 Å². The van der Waals surface area contributed by atoms with Crippen molar-refractivity contribution in [2.45, 2.75) is 38.1 Å². The van der Waals surface area contributed by atoms with Crippen molar-refractivity contribution in [3.05, 3.63) is 41.7 Å². The molecule has 5 heteroatoms. The highest BCUT2D eigenvalue weighted by molar-refractivity contribution is 5.44. The Kier molecular flexibility index (Phi) is 4.92. The van der Waals surface area contributed by atoms with E-state index in [9.17, 15) is 0 Å². The van der Waals surface area contributed by atoms with Crippen molar-refractivity contribution >= 4 is 0 Å². The monoisotopic (exact) mass is 341 g/mol. The van der Waals surface area contributed by atoms with Gasteiger partial charge in [-0.15, -0.1) is 0 Å². The Morgan fingerprint density at radius 3 is 2.88 bits per heavy atom. The van der Waals surface area contributed by atoms with Gasteiger partial charge >= 0.3 is 0 Å². The van der Waals surface area contributed by atoms with E-state index in [1.807, 2.05) is 17.9 Å². The molecule has 2 aliphatic heterocycles. The van der Waals surface area contributed by atoms with Gasteiger partial charge < -0.3 is 9.47 Å². The maximum absolute atomic E-state index is 5.87. The second kappa shape index (κ2) is 7.48. The van der Waals surface area contributed by atoms with Crippen molar-refractivity contribution in [2.75, 3.05) is 26.3 Å². The minimum atomic E-state index is 0.506. The third-order valence-corrected chi connectivity index (χ3v) is 5.19. The van der Waals surface area contributed by atoms with Gasteiger partial charge in [-0.05, 0) is 62.0 Å². The first kappa shape index (κ1) is 16.5. The Balaban J connectivity index is 1.40. The van der Waals surface area contributed by atoms with Crippen LogP contribution in [0.15, 0.2) is 30.6 Å². The fraction of sp³-hybridized carbons (Fsp3) is 0.550. The van der Waals surface area contributed by atoms with Gasteiger partial charge in [-0.2, -0.15) is 5.10 Å². The highest BCUT2D eigenvalue weighted by Gasteiger charge is 2.26. The number of aryl methyl sites for hydroxylation is 2. The molecule has 0 N–H and O–H groups in total. The van der Waals surface area contributed by atoms with E-state index in [0.29, 0.717) is 6.04 Å². The van der Waals surface area contributed by atoms with Crippen LogP contribution in [0.3, 0.4) is 0 Å². The summed E-state index contributed by atoms with van der Waals surface area (Å²) in [5.74, 6) is 1.81. The molecule has 3 heterocycles. The van der Waals surface area contributed by atoms with Gasteiger partial charge in [-0.1, -0.05) is 6.07 Å². The van der Waals surface area contributed by atoms with Gasteiger partial charge in [0.05, 0.1) is 19.4 Å². The number of benzene rings is 1. The molecule has 0 saturated carbocycles. The van der Waals surface area contributed by atoms with Gasteiger partial charge in [0.1, 0.15) is 0 Å². The van der Waals surface area contributed by atoms with Crippen LogP contribution in [-0.4, -0.2) is 41.0 Å². The van der Waals surface area contributed by atoms with Gasteiger partial charge in [0, 0.05) is 25.7 Å². The molecule has 0 aliphatic carbocycles. The molecule has 0 unspecified atom stereocenters. The van der Waals surface area contributed by atoms with Crippen LogP contribution in [0, 0.1) is 0 Å². The average molecular weight is 341 g/mol. The molecular weight excluding hydrogens is 314 g/mol. The molecule has 0 radical (unpaired) electrons. The molecule has 1 aromatic carbocycles. The standard InChI is InChI=1S/C20H27N3O2/c1-22-15-16(14-21-22)5-2-9-23-10-3-6-18(23)17-7-8-19-20(13-17)25-12-4-11-24-19/h7-8,13-15,18H,2-6,9-12H2,1H3/t18-/m0/s1. The summed E-state index contributed by atoms with van der Waals surface area (Å²) in [6.45, 7) is 3.81. The molecule has 1 fully saturated rings. The van der Waals surface area contributed by atoms with Crippen LogP contribution in [0.2, 0.25) is 0 Å². The van der Waals surface area contributed by atoms with Gasteiger partial charge in [0.2, 0.25) is 0 Å². The summed E-state index contributed by atoms with van der Waals surface area (Å²) in [4.78, 5) is 2.62. The third-order valence-electron chi connectivity index (χ3n) is 5.19. The van der Waals surface area contributed by atoms with Crippen molar-refractivity contribution in [3.8, 4) is 11.5 Å². The molecule has 2 aromatic rings. The van der Waals surface area contributed by atoms with E-state index in [4.69, 9.17) is 9.47 Å². The second-order valence-corrected chi connectivity index (χ2v) is 7.08. The Bertz CT molecular complexity index is 713.